The fourth-order valence-corrected chi connectivity index (χ4v) is 3.71. The van der Waals surface area contributed by atoms with Gasteiger partial charge in [0.05, 0.1) is 29.8 Å². The SMILES string of the molecule is COc1cc(/C=C2\N=C(c3cc(Cl)ccc3OC)OC2=O)ccc1OCc1ccc(Cl)c(Cl)c1. The Hall–Kier alpha value is -3.19. The lowest BCUT2D eigenvalue weighted by Crippen LogP contribution is -2.07. The van der Waals surface area contributed by atoms with Crippen LogP contribution in [0, 0.1) is 0 Å². The number of aliphatic imine (C=N–C) groups is 1. The minimum absolute atomic E-state index is 0.115. The zero-order chi connectivity index (χ0) is 24.2. The number of rotatable bonds is 7. The lowest BCUT2D eigenvalue weighted by atomic mass is 10.1. The molecule has 0 fully saturated rings. The van der Waals surface area contributed by atoms with Gasteiger partial charge in [-0.25, -0.2) is 9.79 Å². The van der Waals surface area contributed by atoms with Crippen LogP contribution in [0.4, 0.5) is 0 Å². The van der Waals surface area contributed by atoms with Crippen molar-refractivity contribution in [3.63, 3.8) is 0 Å². The zero-order valence-corrected chi connectivity index (χ0v) is 20.4. The van der Waals surface area contributed by atoms with E-state index in [0.29, 0.717) is 43.4 Å². The van der Waals surface area contributed by atoms with E-state index >= 15 is 0 Å². The molecule has 4 rings (SSSR count). The van der Waals surface area contributed by atoms with Crippen LogP contribution in [0.5, 0.6) is 17.2 Å². The quantitative estimate of drug-likeness (QED) is 0.261. The second-order valence-corrected chi connectivity index (χ2v) is 8.38. The van der Waals surface area contributed by atoms with Crippen LogP contribution in [-0.2, 0) is 16.1 Å². The Morgan fingerprint density at radius 3 is 2.38 bits per heavy atom. The van der Waals surface area contributed by atoms with Gasteiger partial charge < -0.3 is 18.9 Å². The third kappa shape index (κ3) is 5.30. The number of halogens is 3. The van der Waals surface area contributed by atoms with Crippen molar-refractivity contribution in [2.75, 3.05) is 14.2 Å². The second kappa shape index (κ2) is 10.4. The highest BCUT2D eigenvalue weighted by atomic mass is 35.5. The first kappa shape index (κ1) is 24.0. The van der Waals surface area contributed by atoms with Gasteiger partial charge in [-0.15, -0.1) is 0 Å². The van der Waals surface area contributed by atoms with Gasteiger partial charge in [0.25, 0.3) is 0 Å². The van der Waals surface area contributed by atoms with Crippen molar-refractivity contribution in [2.24, 2.45) is 4.99 Å². The molecule has 0 aliphatic carbocycles. The maximum Gasteiger partial charge on any atom is 0.363 e. The lowest BCUT2D eigenvalue weighted by molar-refractivity contribution is -0.129. The summed E-state index contributed by atoms with van der Waals surface area (Å²) in [4.78, 5) is 16.7. The summed E-state index contributed by atoms with van der Waals surface area (Å²) in [5.41, 5.74) is 2.14. The first-order valence-corrected chi connectivity index (χ1v) is 11.1. The Bertz CT molecular complexity index is 1320. The van der Waals surface area contributed by atoms with Gasteiger partial charge in [-0.1, -0.05) is 46.9 Å². The van der Waals surface area contributed by atoms with Gasteiger partial charge in [0.2, 0.25) is 5.90 Å². The standard InChI is InChI=1S/C25H18Cl3NO5/c1-31-21-8-5-16(26)12-17(21)24-29-20(25(30)34-24)10-14-4-7-22(23(11-14)32-2)33-13-15-3-6-18(27)19(28)9-15/h3-12H,13H2,1-2H3/b20-10-. The number of cyclic esters (lactones) is 1. The van der Waals surface area contributed by atoms with E-state index < -0.39 is 5.97 Å². The molecule has 174 valence electrons. The molecule has 1 aliphatic rings. The average Bonchev–Trinajstić information content (AvgIpc) is 3.20. The van der Waals surface area contributed by atoms with Crippen LogP contribution in [-0.4, -0.2) is 26.1 Å². The lowest BCUT2D eigenvalue weighted by Gasteiger charge is -2.12. The summed E-state index contributed by atoms with van der Waals surface area (Å²) in [5, 5.41) is 1.40. The topological polar surface area (TPSA) is 66.3 Å². The van der Waals surface area contributed by atoms with E-state index in [1.807, 2.05) is 6.07 Å². The summed E-state index contributed by atoms with van der Waals surface area (Å²) in [5.74, 6) is 1.03. The Balaban J connectivity index is 1.56. The molecule has 3 aromatic rings. The fraction of sp³-hybridized carbons (Fsp3) is 0.120. The molecular weight excluding hydrogens is 501 g/mol. The summed E-state index contributed by atoms with van der Waals surface area (Å²) in [6.45, 7) is 0.273. The largest absolute Gasteiger partial charge is 0.496 e. The predicted molar refractivity (Wildman–Crippen MR) is 132 cm³/mol. The molecule has 9 heteroatoms. The maximum atomic E-state index is 12.4. The van der Waals surface area contributed by atoms with Gasteiger partial charge in [-0.3, -0.25) is 0 Å². The van der Waals surface area contributed by atoms with Crippen LogP contribution in [0.25, 0.3) is 6.08 Å². The maximum absolute atomic E-state index is 12.4. The van der Waals surface area contributed by atoms with Crippen molar-refractivity contribution in [3.05, 3.63) is 92.1 Å². The van der Waals surface area contributed by atoms with Crippen LogP contribution < -0.4 is 14.2 Å². The number of ether oxygens (including phenoxy) is 4. The fourth-order valence-electron chi connectivity index (χ4n) is 3.21. The number of methoxy groups -OCH3 is 2. The number of nitrogens with zero attached hydrogens (tertiary/aromatic N) is 1. The molecule has 1 aliphatic heterocycles. The third-order valence-electron chi connectivity index (χ3n) is 4.88. The highest BCUT2D eigenvalue weighted by molar-refractivity contribution is 6.42. The molecule has 0 saturated heterocycles. The Morgan fingerprint density at radius 1 is 0.882 bits per heavy atom. The van der Waals surface area contributed by atoms with E-state index in [1.165, 1.54) is 14.2 Å². The monoisotopic (exact) mass is 517 g/mol. The average molecular weight is 519 g/mol. The van der Waals surface area contributed by atoms with Crippen molar-refractivity contribution in [3.8, 4) is 17.2 Å². The molecule has 0 N–H and O–H groups in total. The molecule has 34 heavy (non-hydrogen) atoms. The predicted octanol–water partition coefficient (Wildman–Crippen LogP) is 6.59. The van der Waals surface area contributed by atoms with Crippen molar-refractivity contribution in [1.82, 2.24) is 0 Å². The summed E-state index contributed by atoms with van der Waals surface area (Å²) < 4.78 is 22.0. The summed E-state index contributed by atoms with van der Waals surface area (Å²) in [7, 11) is 3.04. The van der Waals surface area contributed by atoms with Crippen LogP contribution >= 0.6 is 34.8 Å². The molecule has 1 heterocycles. The minimum Gasteiger partial charge on any atom is -0.496 e. The van der Waals surface area contributed by atoms with Gasteiger partial charge in [0, 0.05) is 5.02 Å². The minimum atomic E-state index is -0.587. The van der Waals surface area contributed by atoms with Crippen LogP contribution in [0.1, 0.15) is 16.7 Å². The van der Waals surface area contributed by atoms with Crippen molar-refractivity contribution in [2.45, 2.75) is 6.61 Å². The molecule has 3 aromatic carbocycles. The number of benzene rings is 3. The van der Waals surface area contributed by atoms with Gasteiger partial charge in [0.1, 0.15) is 12.4 Å². The number of carbonyl (C=O) groups excluding carboxylic acids is 1. The van der Waals surface area contributed by atoms with Crippen molar-refractivity contribution < 1.29 is 23.7 Å². The molecule has 0 saturated carbocycles. The third-order valence-corrected chi connectivity index (χ3v) is 5.86. The molecule has 0 aromatic heterocycles. The van der Waals surface area contributed by atoms with Gasteiger partial charge in [-0.05, 0) is 59.7 Å². The number of esters is 1. The van der Waals surface area contributed by atoms with Gasteiger partial charge in [0.15, 0.2) is 17.2 Å². The molecule has 0 unspecified atom stereocenters. The first-order chi connectivity index (χ1) is 16.4. The Morgan fingerprint density at radius 2 is 1.65 bits per heavy atom. The number of hydrogen-bond donors (Lipinski definition) is 0. The van der Waals surface area contributed by atoms with Crippen molar-refractivity contribution >= 4 is 52.7 Å². The smallest absolute Gasteiger partial charge is 0.363 e. The zero-order valence-electron chi connectivity index (χ0n) is 18.1. The van der Waals surface area contributed by atoms with Crippen LogP contribution in [0.3, 0.4) is 0 Å². The highest BCUT2D eigenvalue weighted by Crippen LogP contribution is 2.32. The van der Waals surface area contributed by atoms with Crippen LogP contribution in [0.15, 0.2) is 65.3 Å². The number of hydrogen-bond acceptors (Lipinski definition) is 6. The number of carbonyl (C=O) groups is 1. The Labute approximate surface area is 211 Å². The van der Waals surface area contributed by atoms with E-state index in [1.54, 1.807) is 54.6 Å². The highest BCUT2D eigenvalue weighted by Gasteiger charge is 2.26. The second-order valence-electron chi connectivity index (χ2n) is 7.13. The normalized spacial score (nSPS) is 14.1. The molecule has 0 radical (unpaired) electrons. The van der Waals surface area contributed by atoms with E-state index in [2.05, 4.69) is 4.99 Å². The summed E-state index contributed by atoms with van der Waals surface area (Å²) in [6, 6.07) is 15.5. The van der Waals surface area contributed by atoms with E-state index in [4.69, 9.17) is 53.8 Å². The Kier molecular flexibility index (Phi) is 7.32. The van der Waals surface area contributed by atoms with Crippen molar-refractivity contribution in [1.29, 1.82) is 0 Å². The first-order valence-electron chi connectivity index (χ1n) is 9.99. The molecular formula is C25H18Cl3NO5. The van der Waals surface area contributed by atoms with Gasteiger partial charge >= 0.3 is 5.97 Å². The van der Waals surface area contributed by atoms with E-state index in [-0.39, 0.29) is 18.2 Å². The summed E-state index contributed by atoms with van der Waals surface area (Å²) in [6.07, 6.45) is 1.59. The molecule has 6 nitrogen and oxygen atoms in total. The van der Waals surface area contributed by atoms with Crippen LogP contribution in [0.2, 0.25) is 15.1 Å². The molecule has 0 atom stereocenters. The molecule has 0 bridgehead atoms. The van der Waals surface area contributed by atoms with Gasteiger partial charge in [-0.2, -0.15) is 0 Å². The van der Waals surface area contributed by atoms with E-state index in [9.17, 15) is 4.79 Å². The molecule has 0 spiro atoms. The molecule has 0 amide bonds. The van der Waals surface area contributed by atoms with E-state index in [0.717, 1.165) is 5.56 Å². The summed E-state index contributed by atoms with van der Waals surface area (Å²) >= 11 is 18.1.